The van der Waals surface area contributed by atoms with E-state index in [1.165, 1.54) is 0 Å². The minimum Gasteiger partial charge on any atom is -0.352 e. The molecule has 0 aliphatic carbocycles. The van der Waals surface area contributed by atoms with Crippen molar-refractivity contribution in [3.63, 3.8) is 0 Å². The number of benzene rings is 1. The second-order valence-electron chi connectivity index (χ2n) is 8.44. The number of hydrogen-bond donors (Lipinski definition) is 1. The van der Waals surface area contributed by atoms with Gasteiger partial charge in [-0.1, -0.05) is 42.5 Å². The molecule has 0 bridgehead atoms. The molecule has 0 radical (unpaired) electrons. The van der Waals surface area contributed by atoms with Gasteiger partial charge in [-0.3, -0.25) is 19.6 Å². The summed E-state index contributed by atoms with van der Waals surface area (Å²) in [5.74, 6) is -0.187. The number of likely N-dealkylation sites (tertiary alicyclic amines) is 1. The summed E-state index contributed by atoms with van der Waals surface area (Å²) in [6.07, 6.45) is 8.87. The van der Waals surface area contributed by atoms with Crippen molar-refractivity contribution in [2.24, 2.45) is 5.41 Å². The first kappa shape index (κ1) is 22.4. The number of amides is 2. The smallest absolute Gasteiger partial charge is 0.272 e. The number of nitrogens with zero attached hydrogens (tertiary/aromatic N) is 3. The lowest BCUT2D eigenvalue weighted by Gasteiger charge is -2.41. The molecule has 3 heterocycles. The fourth-order valence-electron chi connectivity index (χ4n) is 4.50. The maximum atomic E-state index is 13.4. The van der Waals surface area contributed by atoms with Crippen LogP contribution in [0.5, 0.6) is 0 Å². The van der Waals surface area contributed by atoms with E-state index in [0.717, 1.165) is 23.1 Å². The Morgan fingerprint density at radius 2 is 1.97 bits per heavy atom. The van der Waals surface area contributed by atoms with E-state index in [9.17, 15) is 9.59 Å². The van der Waals surface area contributed by atoms with Gasteiger partial charge in [0.05, 0.1) is 5.41 Å². The van der Waals surface area contributed by atoms with Crippen molar-refractivity contribution in [3.8, 4) is 11.1 Å². The molecule has 1 aliphatic heterocycles. The van der Waals surface area contributed by atoms with Crippen LogP contribution in [0, 0.1) is 5.41 Å². The molecule has 33 heavy (non-hydrogen) atoms. The first-order chi connectivity index (χ1) is 16.1. The monoisotopic (exact) mass is 440 g/mol. The molecule has 1 aliphatic rings. The second kappa shape index (κ2) is 10.2. The Hall–Kier alpha value is -3.80. The third-order valence-electron chi connectivity index (χ3n) is 6.10. The molecule has 1 saturated heterocycles. The lowest BCUT2D eigenvalue weighted by atomic mass is 9.74. The summed E-state index contributed by atoms with van der Waals surface area (Å²) < 4.78 is 0. The minimum absolute atomic E-state index is 0.0484. The fourth-order valence-corrected chi connectivity index (χ4v) is 4.50. The second-order valence-corrected chi connectivity index (χ2v) is 8.44. The van der Waals surface area contributed by atoms with Crippen molar-refractivity contribution < 1.29 is 9.59 Å². The van der Waals surface area contributed by atoms with Crippen molar-refractivity contribution in [2.45, 2.75) is 19.3 Å². The zero-order chi connectivity index (χ0) is 23.1. The average Bonchev–Trinajstić information content (AvgIpc) is 2.88. The van der Waals surface area contributed by atoms with Gasteiger partial charge in [0.1, 0.15) is 5.69 Å². The zero-order valence-electron chi connectivity index (χ0n) is 18.6. The molecule has 0 spiro atoms. The molecule has 168 valence electrons. The largest absolute Gasteiger partial charge is 0.352 e. The molecule has 1 aromatic carbocycles. The van der Waals surface area contributed by atoms with E-state index < -0.39 is 5.41 Å². The summed E-state index contributed by atoms with van der Waals surface area (Å²) >= 11 is 0. The summed E-state index contributed by atoms with van der Waals surface area (Å²) in [5.41, 5.74) is 2.81. The highest BCUT2D eigenvalue weighted by molar-refractivity contribution is 5.93. The van der Waals surface area contributed by atoms with Gasteiger partial charge in [-0.2, -0.15) is 0 Å². The molecule has 2 aromatic heterocycles. The average molecular weight is 441 g/mol. The number of nitrogens with one attached hydrogen (secondary N) is 1. The standard InChI is InChI=1S/C27H28N4O2/c1-2-13-30-26(33)27(12-7-16-31(20-27)25(32)24-11-3-4-15-29-24)18-21-8-5-9-22(17-21)23-10-6-14-28-19-23/h2-6,8-11,14-15,17,19H,1,7,12-13,16,18,20H2,(H,30,33). The van der Waals surface area contributed by atoms with Crippen molar-refractivity contribution in [1.29, 1.82) is 0 Å². The third kappa shape index (κ3) is 5.17. The first-order valence-electron chi connectivity index (χ1n) is 11.2. The van der Waals surface area contributed by atoms with E-state index in [2.05, 4.69) is 27.9 Å². The Bertz CT molecular complexity index is 1120. The molecule has 4 rings (SSSR count). The number of pyridine rings is 2. The van der Waals surface area contributed by atoms with Crippen LogP contribution in [-0.4, -0.2) is 46.3 Å². The Balaban J connectivity index is 1.63. The maximum Gasteiger partial charge on any atom is 0.272 e. The topological polar surface area (TPSA) is 75.2 Å². The molecular weight excluding hydrogens is 412 g/mol. The van der Waals surface area contributed by atoms with Gasteiger partial charge in [-0.25, -0.2) is 0 Å². The summed E-state index contributed by atoms with van der Waals surface area (Å²) in [6, 6.07) is 17.4. The quantitative estimate of drug-likeness (QED) is 0.565. The molecule has 6 nitrogen and oxygen atoms in total. The Kier molecular flexibility index (Phi) is 6.93. The van der Waals surface area contributed by atoms with Crippen LogP contribution in [0.25, 0.3) is 11.1 Å². The summed E-state index contributed by atoms with van der Waals surface area (Å²) in [7, 11) is 0. The lowest BCUT2D eigenvalue weighted by molar-refractivity contribution is -0.133. The third-order valence-corrected chi connectivity index (χ3v) is 6.10. The molecule has 1 N–H and O–H groups in total. The summed E-state index contributed by atoms with van der Waals surface area (Å²) in [6.45, 7) is 5.07. The summed E-state index contributed by atoms with van der Waals surface area (Å²) in [5, 5.41) is 2.99. The van der Waals surface area contributed by atoms with Crippen LogP contribution in [0.3, 0.4) is 0 Å². The van der Waals surface area contributed by atoms with Gasteiger partial charge < -0.3 is 10.2 Å². The highest BCUT2D eigenvalue weighted by Gasteiger charge is 2.43. The predicted octanol–water partition coefficient (Wildman–Crippen LogP) is 3.91. The Morgan fingerprint density at radius 3 is 2.73 bits per heavy atom. The predicted molar refractivity (Wildman–Crippen MR) is 128 cm³/mol. The van der Waals surface area contributed by atoms with E-state index in [1.54, 1.807) is 41.6 Å². The van der Waals surface area contributed by atoms with Gasteiger partial charge in [0.15, 0.2) is 0 Å². The van der Waals surface area contributed by atoms with E-state index in [1.807, 2.05) is 36.5 Å². The Labute approximate surface area is 194 Å². The van der Waals surface area contributed by atoms with Crippen LogP contribution >= 0.6 is 0 Å². The van der Waals surface area contributed by atoms with E-state index in [-0.39, 0.29) is 11.8 Å². The molecule has 0 saturated carbocycles. The molecule has 1 fully saturated rings. The number of piperidine rings is 1. The maximum absolute atomic E-state index is 13.4. The number of hydrogen-bond acceptors (Lipinski definition) is 4. The highest BCUT2D eigenvalue weighted by Crippen LogP contribution is 2.35. The van der Waals surface area contributed by atoms with Gasteiger partial charge in [-0.15, -0.1) is 6.58 Å². The molecule has 3 aromatic rings. The van der Waals surface area contributed by atoms with E-state index in [4.69, 9.17) is 0 Å². The van der Waals surface area contributed by atoms with Crippen molar-refractivity contribution in [3.05, 3.63) is 97.1 Å². The summed E-state index contributed by atoms with van der Waals surface area (Å²) in [4.78, 5) is 36.7. The van der Waals surface area contributed by atoms with Gasteiger partial charge >= 0.3 is 0 Å². The zero-order valence-corrected chi connectivity index (χ0v) is 18.6. The molecule has 2 amide bonds. The Morgan fingerprint density at radius 1 is 1.09 bits per heavy atom. The van der Waals surface area contributed by atoms with E-state index in [0.29, 0.717) is 38.2 Å². The minimum atomic E-state index is -0.723. The van der Waals surface area contributed by atoms with Crippen molar-refractivity contribution in [2.75, 3.05) is 19.6 Å². The molecule has 1 unspecified atom stereocenters. The SMILES string of the molecule is C=CCNC(=O)C1(Cc2cccc(-c3cccnc3)c2)CCCN(C(=O)c2ccccn2)C1. The van der Waals surface area contributed by atoms with Crippen LogP contribution in [-0.2, 0) is 11.2 Å². The fraction of sp³-hybridized carbons (Fsp3) is 0.259. The van der Waals surface area contributed by atoms with Crippen LogP contribution in [0.2, 0.25) is 0 Å². The van der Waals surface area contributed by atoms with Gasteiger partial charge in [0, 0.05) is 38.2 Å². The van der Waals surface area contributed by atoms with E-state index >= 15 is 0 Å². The number of aromatic nitrogens is 2. The van der Waals surface area contributed by atoms with Crippen molar-refractivity contribution in [1.82, 2.24) is 20.2 Å². The van der Waals surface area contributed by atoms with Gasteiger partial charge in [0.2, 0.25) is 5.91 Å². The van der Waals surface area contributed by atoms with Gasteiger partial charge in [0.25, 0.3) is 5.91 Å². The van der Waals surface area contributed by atoms with Crippen LogP contribution < -0.4 is 5.32 Å². The van der Waals surface area contributed by atoms with Gasteiger partial charge in [-0.05, 0) is 54.2 Å². The molecule has 6 heteroatoms. The number of rotatable bonds is 7. The lowest BCUT2D eigenvalue weighted by Crippen LogP contribution is -2.54. The van der Waals surface area contributed by atoms with Crippen LogP contribution in [0.15, 0.2) is 85.8 Å². The molecular formula is C27H28N4O2. The number of carbonyl (C=O) groups is 2. The normalized spacial score (nSPS) is 17.9. The van der Waals surface area contributed by atoms with Crippen LogP contribution in [0.1, 0.15) is 28.9 Å². The van der Waals surface area contributed by atoms with Crippen LogP contribution in [0.4, 0.5) is 0 Å². The number of carbonyl (C=O) groups excluding carboxylic acids is 2. The first-order valence-corrected chi connectivity index (χ1v) is 11.2. The molecule has 1 atom stereocenters. The highest BCUT2D eigenvalue weighted by atomic mass is 16.2. The van der Waals surface area contributed by atoms with Crippen molar-refractivity contribution >= 4 is 11.8 Å².